The second kappa shape index (κ2) is 6.65. The molecule has 0 aliphatic carbocycles. The molecule has 2 nitrogen and oxygen atoms in total. The van der Waals surface area contributed by atoms with Crippen molar-refractivity contribution in [2.24, 2.45) is 0 Å². The number of allylic oxidation sites excluding steroid dienone is 1. The van der Waals surface area contributed by atoms with E-state index in [1.807, 2.05) is 6.08 Å². The van der Waals surface area contributed by atoms with E-state index in [4.69, 9.17) is 0 Å². The van der Waals surface area contributed by atoms with Crippen molar-refractivity contribution < 1.29 is 4.79 Å². The van der Waals surface area contributed by atoms with Crippen LogP contribution in [0.3, 0.4) is 0 Å². The molecule has 0 aliphatic heterocycles. The lowest BCUT2D eigenvalue weighted by atomic mass is 10.2. The van der Waals surface area contributed by atoms with Crippen molar-refractivity contribution in [2.75, 3.05) is 0 Å². The first kappa shape index (κ1) is 11.0. The highest BCUT2D eigenvalue weighted by Gasteiger charge is 1.95. The van der Waals surface area contributed by atoms with Gasteiger partial charge in [0.2, 0.25) is 5.91 Å². The minimum Gasteiger partial charge on any atom is -0.329 e. The van der Waals surface area contributed by atoms with Gasteiger partial charge in [0.05, 0.1) is 0 Å². The van der Waals surface area contributed by atoms with Gasteiger partial charge in [-0.25, -0.2) is 0 Å². The molecular formula is C10H17NO. The molecule has 0 saturated heterocycles. The van der Waals surface area contributed by atoms with Crippen LogP contribution in [0.1, 0.15) is 33.1 Å². The molecule has 68 valence electrons. The first-order valence-electron chi connectivity index (χ1n) is 4.30. The third kappa shape index (κ3) is 5.71. The lowest BCUT2D eigenvalue weighted by molar-refractivity contribution is -0.116. The maximum absolute atomic E-state index is 10.9. The smallest absolute Gasteiger partial charge is 0.250 e. The molecule has 0 unspecified atom stereocenters. The fraction of sp³-hybridized carbons (Fsp3) is 0.500. The molecular weight excluding hydrogens is 150 g/mol. The Balaban J connectivity index is 3.47. The van der Waals surface area contributed by atoms with E-state index in [-0.39, 0.29) is 5.91 Å². The molecule has 0 aromatic heterocycles. The molecule has 1 N–H and O–H groups in total. The molecule has 0 fully saturated rings. The third-order valence-electron chi connectivity index (χ3n) is 1.44. The van der Waals surface area contributed by atoms with Crippen LogP contribution in [0.2, 0.25) is 0 Å². The summed E-state index contributed by atoms with van der Waals surface area (Å²) in [7, 11) is 0. The van der Waals surface area contributed by atoms with E-state index in [9.17, 15) is 4.79 Å². The molecule has 0 rings (SSSR count). The summed E-state index contributed by atoms with van der Waals surface area (Å²) in [4.78, 5) is 10.9. The molecule has 0 bridgehead atoms. The topological polar surface area (TPSA) is 29.1 Å². The zero-order valence-electron chi connectivity index (χ0n) is 7.89. The fourth-order valence-corrected chi connectivity index (χ4v) is 0.663. The number of unbranched alkanes of at least 4 members (excludes halogenated alkanes) is 2. The second-order valence-electron chi connectivity index (χ2n) is 2.80. The summed E-state index contributed by atoms with van der Waals surface area (Å²) >= 11 is 0. The molecule has 0 aromatic carbocycles. The fourth-order valence-electron chi connectivity index (χ4n) is 0.663. The Kier molecular flexibility index (Phi) is 6.07. The predicted molar refractivity (Wildman–Crippen MR) is 51.6 cm³/mol. The van der Waals surface area contributed by atoms with Crippen molar-refractivity contribution >= 4 is 5.91 Å². The summed E-state index contributed by atoms with van der Waals surface area (Å²) in [6, 6.07) is 0. The minimum absolute atomic E-state index is 0.109. The zero-order valence-corrected chi connectivity index (χ0v) is 7.89. The standard InChI is InChI=1S/C10H17NO/c1-4-5-6-7-8-11-10(12)9(2)3/h7-8H,2,4-6H2,1,3H3,(H,11,12). The van der Waals surface area contributed by atoms with Crippen molar-refractivity contribution in [3.63, 3.8) is 0 Å². The van der Waals surface area contributed by atoms with Crippen LogP contribution in [0, 0.1) is 0 Å². The van der Waals surface area contributed by atoms with Gasteiger partial charge in [-0.05, 0) is 13.3 Å². The average Bonchev–Trinajstić information content (AvgIpc) is 2.03. The number of nitrogens with one attached hydrogen (secondary N) is 1. The van der Waals surface area contributed by atoms with Gasteiger partial charge < -0.3 is 5.32 Å². The van der Waals surface area contributed by atoms with E-state index in [1.165, 1.54) is 12.8 Å². The molecule has 2 heteroatoms. The highest BCUT2D eigenvalue weighted by atomic mass is 16.1. The van der Waals surface area contributed by atoms with Crippen molar-refractivity contribution in [3.05, 3.63) is 24.4 Å². The van der Waals surface area contributed by atoms with Gasteiger partial charge in [0.15, 0.2) is 0 Å². The summed E-state index contributed by atoms with van der Waals surface area (Å²) in [6.07, 6.45) is 7.02. The van der Waals surface area contributed by atoms with Gasteiger partial charge in [-0.15, -0.1) is 0 Å². The Hall–Kier alpha value is -1.05. The predicted octanol–water partition coefficient (Wildman–Crippen LogP) is 2.38. The summed E-state index contributed by atoms with van der Waals surface area (Å²) in [6.45, 7) is 7.35. The van der Waals surface area contributed by atoms with Crippen LogP contribution in [0.5, 0.6) is 0 Å². The van der Waals surface area contributed by atoms with E-state index in [0.29, 0.717) is 5.57 Å². The quantitative estimate of drug-likeness (QED) is 0.494. The van der Waals surface area contributed by atoms with Crippen LogP contribution in [-0.2, 0) is 4.79 Å². The first-order chi connectivity index (χ1) is 5.68. The summed E-state index contributed by atoms with van der Waals surface area (Å²) in [5.41, 5.74) is 0.537. The van der Waals surface area contributed by atoms with Crippen molar-refractivity contribution in [2.45, 2.75) is 33.1 Å². The molecule has 0 radical (unpaired) electrons. The van der Waals surface area contributed by atoms with Gasteiger partial charge in [0.25, 0.3) is 0 Å². The molecule has 12 heavy (non-hydrogen) atoms. The Morgan fingerprint density at radius 1 is 1.58 bits per heavy atom. The summed E-state index contributed by atoms with van der Waals surface area (Å²) in [5.74, 6) is -0.109. The number of rotatable bonds is 5. The normalized spacial score (nSPS) is 10.2. The lowest BCUT2D eigenvalue weighted by Crippen LogP contribution is -2.16. The van der Waals surface area contributed by atoms with Crippen molar-refractivity contribution in [1.29, 1.82) is 0 Å². The Bertz CT molecular complexity index is 182. The van der Waals surface area contributed by atoms with Gasteiger partial charge in [0.1, 0.15) is 0 Å². The van der Waals surface area contributed by atoms with Gasteiger partial charge in [-0.2, -0.15) is 0 Å². The average molecular weight is 167 g/mol. The van der Waals surface area contributed by atoms with Crippen LogP contribution in [0.4, 0.5) is 0 Å². The lowest BCUT2D eigenvalue weighted by Gasteiger charge is -1.96. The second-order valence-corrected chi connectivity index (χ2v) is 2.80. The molecule has 0 atom stereocenters. The van der Waals surface area contributed by atoms with Crippen LogP contribution in [0.25, 0.3) is 0 Å². The maximum atomic E-state index is 10.9. The van der Waals surface area contributed by atoms with Crippen LogP contribution < -0.4 is 5.32 Å². The van der Waals surface area contributed by atoms with Gasteiger partial charge >= 0.3 is 0 Å². The molecule has 0 heterocycles. The van der Waals surface area contributed by atoms with E-state index < -0.39 is 0 Å². The molecule has 0 spiro atoms. The Labute approximate surface area is 74.4 Å². The number of hydrogen-bond acceptors (Lipinski definition) is 1. The molecule has 0 saturated carbocycles. The minimum atomic E-state index is -0.109. The van der Waals surface area contributed by atoms with Crippen LogP contribution in [0.15, 0.2) is 24.4 Å². The molecule has 0 aromatic rings. The monoisotopic (exact) mass is 167 g/mol. The van der Waals surface area contributed by atoms with Crippen molar-refractivity contribution in [3.8, 4) is 0 Å². The number of hydrogen-bond donors (Lipinski definition) is 1. The van der Waals surface area contributed by atoms with Gasteiger partial charge in [-0.1, -0.05) is 32.4 Å². The first-order valence-corrected chi connectivity index (χ1v) is 4.30. The van der Waals surface area contributed by atoms with Crippen LogP contribution >= 0.6 is 0 Å². The highest BCUT2D eigenvalue weighted by molar-refractivity contribution is 5.92. The zero-order chi connectivity index (χ0) is 9.40. The molecule has 1 amide bonds. The summed E-state index contributed by atoms with van der Waals surface area (Å²) in [5, 5.41) is 2.62. The SMILES string of the molecule is C=C(C)C(=O)NC=CCCCC. The van der Waals surface area contributed by atoms with Gasteiger partial charge in [0, 0.05) is 11.8 Å². The highest BCUT2D eigenvalue weighted by Crippen LogP contribution is 1.94. The van der Waals surface area contributed by atoms with Crippen molar-refractivity contribution in [1.82, 2.24) is 5.32 Å². The maximum Gasteiger partial charge on any atom is 0.250 e. The Morgan fingerprint density at radius 3 is 2.75 bits per heavy atom. The van der Waals surface area contributed by atoms with Gasteiger partial charge in [-0.3, -0.25) is 4.79 Å². The van der Waals surface area contributed by atoms with E-state index in [1.54, 1.807) is 13.1 Å². The number of carbonyl (C=O) groups is 1. The number of carbonyl (C=O) groups excluding carboxylic acids is 1. The Morgan fingerprint density at radius 2 is 2.25 bits per heavy atom. The third-order valence-corrected chi connectivity index (χ3v) is 1.44. The van der Waals surface area contributed by atoms with E-state index in [2.05, 4.69) is 18.8 Å². The van der Waals surface area contributed by atoms with Crippen LogP contribution in [-0.4, -0.2) is 5.91 Å². The van der Waals surface area contributed by atoms with E-state index in [0.717, 1.165) is 6.42 Å². The summed E-state index contributed by atoms with van der Waals surface area (Å²) < 4.78 is 0. The molecule has 0 aliphatic rings. The van der Waals surface area contributed by atoms with E-state index >= 15 is 0 Å². The number of amides is 1. The largest absolute Gasteiger partial charge is 0.329 e.